The first-order valence-electron chi connectivity index (χ1n) is 6.82. The number of rotatable bonds is 1. The van der Waals surface area contributed by atoms with Crippen LogP contribution in [0.4, 0.5) is 0 Å². The Hall–Kier alpha value is -1.58. The van der Waals surface area contributed by atoms with Crippen LogP contribution in [0, 0.1) is 0 Å². The summed E-state index contributed by atoms with van der Waals surface area (Å²) in [5.74, 6) is 0.356. The predicted octanol–water partition coefficient (Wildman–Crippen LogP) is 2.27. The lowest BCUT2D eigenvalue weighted by atomic mass is 9.82. The van der Waals surface area contributed by atoms with Gasteiger partial charge in [0, 0.05) is 18.9 Å². The Balaban J connectivity index is 2.02. The van der Waals surface area contributed by atoms with E-state index in [1.807, 2.05) is 18.2 Å². The Kier molecular flexibility index (Phi) is 3.40. The fourth-order valence-corrected chi connectivity index (χ4v) is 2.99. The van der Waals surface area contributed by atoms with Gasteiger partial charge in [0.15, 0.2) is 0 Å². The highest BCUT2D eigenvalue weighted by Crippen LogP contribution is 2.36. The molecule has 3 N–H and O–H groups in total. The molecular formula is C16H19NO2. The van der Waals surface area contributed by atoms with Crippen molar-refractivity contribution in [1.29, 1.82) is 0 Å². The molecule has 2 aliphatic rings. The standard InChI is InChI=1S/C16H19NO2/c18-15-8-12-6-7-17-10-14(13(12)9-16(15)19)11-4-2-1-3-5-11/h1-5,9,14-15,17-19H,6-8,10H2. The van der Waals surface area contributed by atoms with Crippen molar-refractivity contribution in [1.82, 2.24) is 5.32 Å². The molecule has 0 bridgehead atoms. The molecule has 1 aliphatic carbocycles. The lowest BCUT2D eigenvalue weighted by Gasteiger charge is -2.25. The second-order valence-electron chi connectivity index (χ2n) is 5.27. The Labute approximate surface area is 113 Å². The molecule has 0 aromatic heterocycles. The van der Waals surface area contributed by atoms with Crippen LogP contribution in [0.3, 0.4) is 0 Å². The van der Waals surface area contributed by atoms with Crippen molar-refractivity contribution in [2.24, 2.45) is 0 Å². The smallest absolute Gasteiger partial charge is 0.121 e. The van der Waals surface area contributed by atoms with E-state index in [-0.39, 0.29) is 11.7 Å². The SMILES string of the molecule is OC1=CC2=C(CCNCC2c2ccccc2)CC1O. The minimum absolute atomic E-state index is 0.0987. The van der Waals surface area contributed by atoms with E-state index in [2.05, 4.69) is 17.4 Å². The number of hydrogen-bond acceptors (Lipinski definition) is 3. The first-order valence-corrected chi connectivity index (χ1v) is 6.82. The maximum Gasteiger partial charge on any atom is 0.121 e. The molecule has 100 valence electrons. The Morgan fingerprint density at radius 3 is 2.74 bits per heavy atom. The van der Waals surface area contributed by atoms with Gasteiger partial charge in [0.25, 0.3) is 0 Å². The molecule has 0 amide bonds. The van der Waals surface area contributed by atoms with Crippen LogP contribution < -0.4 is 5.32 Å². The molecule has 2 atom stereocenters. The zero-order valence-electron chi connectivity index (χ0n) is 10.8. The van der Waals surface area contributed by atoms with E-state index in [0.29, 0.717) is 6.42 Å². The zero-order valence-corrected chi connectivity index (χ0v) is 10.8. The van der Waals surface area contributed by atoms with E-state index in [1.165, 1.54) is 16.7 Å². The van der Waals surface area contributed by atoms with Gasteiger partial charge in [-0.1, -0.05) is 35.9 Å². The third-order valence-electron chi connectivity index (χ3n) is 4.02. The highest BCUT2D eigenvalue weighted by Gasteiger charge is 2.27. The van der Waals surface area contributed by atoms with Gasteiger partial charge in [0.1, 0.15) is 11.9 Å². The third kappa shape index (κ3) is 2.44. The van der Waals surface area contributed by atoms with Gasteiger partial charge < -0.3 is 15.5 Å². The summed E-state index contributed by atoms with van der Waals surface area (Å²) in [6, 6.07) is 10.3. The molecule has 2 unspecified atom stereocenters. The first kappa shape index (κ1) is 12.5. The van der Waals surface area contributed by atoms with Gasteiger partial charge in [-0.25, -0.2) is 0 Å². The minimum atomic E-state index is -0.728. The van der Waals surface area contributed by atoms with E-state index in [0.717, 1.165) is 19.5 Å². The molecule has 1 heterocycles. The average Bonchev–Trinajstić information content (AvgIpc) is 2.63. The van der Waals surface area contributed by atoms with E-state index < -0.39 is 6.10 Å². The highest BCUT2D eigenvalue weighted by molar-refractivity contribution is 5.43. The highest BCUT2D eigenvalue weighted by atomic mass is 16.3. The van der Waals surface area contributed by atoms with E-state index >= 15 is 0 Å². The summed E-state index contributed by atoms with van der Waals surface area (Å²) >= 11 is 0. The normalized spacial score (nSPS) is 27.5. The van der Waals surface area contributed by atoms with Crippen LogP contribution >= 0.6 is 0 Å². The van der Waals surface area contributed by atoms with Gasteiger partial charge in [-0.2, -0.15) is 0 Å². The van der Waals surface area contributed by atoms with Gasteiger partial charge in [-0.05, 0) is 30.2 Å². The van der Waals surface area contributed by atoms with Crippen LogP contribution in [-0.4, -0.2) is 29.4 Å². The molecule has 0 spiro atoms. The van der Waals surface area contributed by atoms with Gasteiger partial charge in [0.05, 0.1) is 0 Å². The Morgan fingerprint density at radius 2 is 1.95 bits per heavy atom. The van der Waals surface area contributed by atoms with Crippen molar-refractivity contribution < 1.29 is 10.2 Å². The van der Waals surface area contributed by atoms with Gasteiger partial charge in [-0.3, -0.25) is 0 Å². The van der Waals surface area contributed by atoms with Gasteiger partial charge in [-0.15, -0.1) is 0 Å². The number of aliphatic hydroxyl groups is 2. The summed E-state index contributed by atoms with van der Waals surface area (Å²) < 4.78 is 0. The van der Waals surface area contributed by atoms with Crippen molar-refractivity contribution in [2.75, 3.05) is 13.1 Å². The molecule has 3 nitrogen and oxygen atoms in total. The fourth-order valence-electron chi connectivity index (χ4n) is 2.99. The molecule has 0 radical (unpaired) electrons. The van der Waals surface area contributed by atoms with E-state index in [1.54, 1.807) is 6.08 Å². The van der Waals surface area contributed by atoms with Crippen molar-refractivity contribution in [3.05, 3.63) is 58.9 Å². The molecule has 0 saturated heterocycles. The van der Waals surface area contributed by atoms with E-state index in [4.69, 9.17) is 0 Å². The molecule has 1 aliphatic heterocycles. The van der Waals surface area contributed by atoms with Crippen LogP contribution in [0.15, 0.2) is 53.3 Å². The summed E-state index contributed by atoms with van der Waals surface area (Å²) in [5, 5.41) is 23.1. The number of allylic oxidation sites excluding steroid dienone is 1. The summed E-state index contributed by atoms with van der Waals surface area (Å²) in [6.45, 7) is 1.81. The molecule has 19 heavy (non-hydrogen) atoms. The van der Waals surface area contributed by atoms with Gasteiger partial charge >= 0.3 is 0 Å². The average molecular weight is 257 g/mol. The molecule has 3 rings (SSSR count). The molecule has 3 heteroatoms. The van der Waals surface area contributed by atoms with Crippen LogP contribution in [0.2, 0.25) is 0 Å². The summed E-state index contributed by atoms with van der Waals surface area (Å²) in [5.41, 5.74) is 3.70. The maximum atomic E-state index is 9.83. The van der Waals surface area contributed by atoms with Crippen LogP contribution in [0.5, 0.6) is 0 Å². The van der Waals surface area contributed by atoms with Crippen molar-refractivity contribution in [3.63, 3.8) is 0 Å². The van der Waals surface area contributed by atoms with E-state index in [9.17, 15) is 10.2 Å². The molecule has 0 fully saturated rings. The number of hydrogen-bond donors (Lipinski definition) is 3. The van der Waals surface area contributed by atoms with Crippen LogP contribution in [0.25, 0.3) is 0 Å². The minimum Gasteiger partial charge on any atom is -0.510 e. The lowest BCUT2D eigenvalue weighted by Crippen LogP contribution is -2.21. The molecule has 1 aromatic rings. The maximum absolute atomic E-state index is 9.83. The lowest BCUT2D eigenvalue weighted by molar-refractivity contribution is 0.149. The van der Waals surface area contributed by atoms with Crippen molar-refractivity contribution in [2.45, 2.75) is 24.9 Å². The Bertz CT molecular complexity index is 519. The van der Waals surface area contributed by atoms with Crippen molar-refractivity contribution in [3.8, 4) is 0 Å². The number of aliphatic hydroxyl groups excluding tert-OH is 2. The quantitative estimate of drug-likeness (QED) is 0.723. The monoisotopic (exact) mass is 257 g/mol. The van der Waals surface area contributed by atoms with Crippen molar-refractivity contribution >= 4 is 0 Å². The Morgan fingerprint density at radius 1 is 1.16 bits per heavy atom. The zero-order chi connectivity index (χ0) is 13.2. The number of benzene rings is 1. The van der Waals surface area contributed by atoms with Crippen LogP contribution in [0.1, 0.15) is 24.3 Å². The number of nitrogens with one attached hydrogen (secondary N) is 1. The second kappa shape index (κ2) is 5.19. The third-order valence-corrected chi connectivity index (χ3v) is 4.02. The second-order valence-corrected chi connectivity index (χ2v) is 5.27. The molecule has 0 saturated carbocycles. The summed E-state index contributed by atoms with van der Waals surface area (Å²) in [4.78, 5) is 0. The molecular weight excluding hydrogens is 238 g/mol. The summed E-state index contributed by atoms with van der Waals surface area (Å²) in [6.07, 6.45) is 2.55. The molecule has 1 aromatic carbocycles. The largest absolute Gasteiger partial charge is 0.510 e. The van der Waals surface area contributed by atoms with Crippen LogP contribution in [-0.2, 0) is 0 Å². The summed E-state index contributed by atoms with van der Waals surface area (Å²) in [7, 11) is 0. The predicted molar refractivity (Wildman–Crippen MR) is 75.0 cm³/mol. The first-order chi connectivity index (χ1) is 9.25. The topological polar surface area (TPSA) is 52.5 Å². The fraction of sp³-hybridized carbons (Fsp3) is 0.375. The van der Waals surface area contributed by atoms with Gasteiger partial charge in [0.2, 0.25) is 0 Å².